The van der Waals surface area contributed by atoms with Gasteiger partial charge in [-0.3, -0.25) is 9.69 Å². The van der Waals surface area contributed by atoms with Crippen LogP contribution in [-0.4, -0.2) is 35.0 Å². The summed E-state index contributed by atoms with van der Waals surface area (Å²) in [6, 6.07) is 17.3. The highest BCUT2D eigenvalue weighted by atomic mass is 19.4. The maximum atomic E-state index is 12.8. The molecule has 2 aromatic carbocycles. The molecule has 1 N–H and O–H groups in total. The highest BCUT2D eigenvalue weighted by Gasteiger charge is 2.30. The number of nitrogens with one attached hydrogen (secondary N) is 1. The van der Waals surface area contributed by atoms with Crippen molar-refractivity contribution >= 4 is 5.91 Å². The predicted octanol–water partition coefficient (Wildman–Crippen LogP) is 5.07. The minimum atomic E-state index is -4.33. The van der Waals surface area contributed by atoms with Crippen molar-refractivity contribution < 1.29 is 18.0 Å². The molecule has 1 saturated heterocycles. The van der Waals surface area contributed by atoms with Crippen LogP contribution in [0.1, 0.15) is 29.5 Å². The molecule has 33 heavy (non-hydrogen) atoms. The van der Waals surface area contributed by atoms with Crippen molar-refractivity contribution in [1.82, 2.24) is 14.8 Å². The van der Waals surface area contributed by atoms with E-state index in [1.165, 1.54) is 17.7 Å². The molecule has 1 aliphatic heterocycles. The summed E-state index contributed by atoms with van der Waals surface area (Å²) in [5.74, 6) is 0.188. The summed E-state index contributed by atoms with van der Waals surface area (Å²) >= 11 is 0. The van der Waals surface area contributed by atoms with Crippen molar-refractivity contribution in [1.29, 1.82) is 0 Å². The Hall–Kier alpha value is -3.06. The lowest BCUT2D eigenvalue weighted by atomic mass is 9.95. The first-order valence-corrected chi connectivity index (χ1v) is 11.3. The Morgan fingerprint density at radius 2 is 1.64 bits per heavy atom. The molecule has 2 heterocycles. The Morgan fingerprint density at radius 3 is 2.30 bits per heavy atom. The number of carbonyl (C=O) groups is 1. The molecular formula is C26H28F3N3O. The average Bonchev–Trinajstić information content (AvgIpc) is 3.28. The standard InChI is InChI=1S/C26H28F3N3O/c27-26(28,29)23-6-8-24(9-7-23)32-17-11-21(19-32)18-31-15-12-22(13-16-31)25(33)30-14-10-20-4-2-1-3-5-20/h1-9,11,17,19,22H,10,12-16,18H2,(H,30,33). The third-order valence-electron chi connectivity index (χ3n) is 6.17. The van der Waals surface area contributed by atoms with Crippen molar-refractivity contribution in [2.75, 3.05) is 19.6 Å². The first-order valence-electron chi connectivity index (χ1n) is 11.3. The van der Waals surface area contributed by atoms with Crippen LogP contribution in [0.4, 0.5) is 13.2 Å². The molecule has 174 valence electrons. The van der Waals surface area contributed by atoms with Crippen LogP contribution in [0.3, 0.4) is 0 Å². The lowest BCUT2D eigenvalue weighted by Gasteiger charge is -2.31. The van der Waals surface area contributed by atoms with Crippen molar-refractivity contribution in [3.05, 3.63) is 89.7 Å². The summed E-state index contributed by atoms with van der Waals surface area (Å²) in [5, 5.41) is 3.07. The second kappa shape index (κ2) is 10.3. The predicted molar refractivity (Wildman–Crippen MR) is 122 cm³/mol. The van der Waals surface area contributed by atoms with E-state index in [-0.39, 0.29) is 11.8 Å². The van der Waals surface area contributed by atoms with Gasteiger partial charge in [0.05, 0.1) is 5.56 Å². The fraction of sp³-hybridized carbons (Fsp3) is 0.346. The Morgan fingerprint density at radius 1 is 0.939 bits per heavy atom. The minimum Gasteiger partial charge on any atom is -0.356 e. The van der Waals surface area contributed by atoms with E-state index in [4.69, 9.17) is 0 Å². The monoisotopic (exact) mass is 455 g/mol. The second-order valence-electron chi connectivity index (χ2n) is 8.55. The molecular weight excluding hydrogens is 427 g/mol. The first kappa shape index (κ1) is 23.1. The number of carbonyl (C=O) groups excluding carboxylic acids is 1. The van der Waals surface area contributed by atoms with Gasteiger partial charge >= 0.3 is 6.18 Å². The minimum absolute atomic E-state index is 0.0498. The van der Waals surface area contributed by atoms with Crippen LogP contribution in [0, 0.1) is 5.92 Å². The number of rotatable bonds is 7. The van der Waals surface area contributed by atoms with Crippen LogP contribution in [0.2, 0.25) is 0 Å². The van der Waals surface area contributed by atoms with Gasteiger partial charge < -0.3 is 9.88 Å². The van der Waals surface area contributed by atoms with Gasteiger partial charge in [0.25, 0.3) is 0 Å². The summed E-state index contributed by atoms with van der Waals surface area (Å²) < 4.78 is 40.1. The van der Waals surface area contributed by atoms with Gasteiger partial charge in [0.15, 0.2) is 0 Å². The molecule has 1 amide bonds. The SMILES string of the molecule is O=C(NCCc1ccccc1)C1CCN(Cc2ccn(-c3ccc(C(F)(F)F)cc3)c2)CC1. The van der Waals surface area contributed by atoms with Crippen molar-refractivity contribution in [2.24, 2.45) is 5.92 Å². The summed E-state index contributed by atoms with van der Waals surface area (Å²) in [7, 11) is 0. The zero-order valence-electron chi connectivity index (χ0n) is 18.4. The number of piperidine rings is 1. The normalized spacial score (nSPS) is 15.5. The van der Waals surface area contributed by atoms with E-state index < -0.39 is 11.7 Å². The molecule has 0 radical (unpaired) electrons. The van der Waals surface area contributed by atoms with Gasteiger partial charge in [-0.2, -0.15) is 13.2 Å². The number of likely N-dealkylation sites (tertiary alicyclic amines) is 1. The average molecular weight is 456 g/mol. The number of hydrogen-bond acceptors (Lipinski definition) is 2. The number of alkyl halides is 3. The van der Waals surface area contributed by atoms with Crippen LogP contribution in [0.25, 0.3) is 5.69 Å². The van der Waals surface area contributed by atoms with Crippen molar-refractivity contribution in [2.45, 2.75) is 32.0 Å². The molecule has 4 nitrogen and oxygen atoms in total. The van der Waals surface area contributed by atoms with Gasteiger partial charge in [-0.1, -0.05) is 30.3 Å². The van der Waals surface area contributed by atoms with Gasteiger partial charge in [-0.25, -0.2) is 0 Å². The zero-order valence-corrected chi connectivity index (χ0v) is 18.4. The van der Waals surface area contributed by atoms with Gasteiger partial charge in [0.2, 0.25) is 5.91 Å². The topological polar surface area (TPSA) is 37.3 Å². The van der Waals surface area contributed by atoms with Crippen LogP contribution in [0.5, 0.6) is 0 Å². The highest BCUT2D eigenvalue weighted by Crippen LogP contribution is 2.29. The largest absolute Gasteiger partial charge is 0.416 e. The Balaban J connectivity index is 1.22. The third-order valence-corrected chi connectivity index (χ3v) is 6.17. The molecule has 7 heteroatoms. The quantitative estimate of drug-likeness (QED) is 0.540. The van der Waals surface area contributed by atoms with E-state index in [1.807, 2.05) is 41.2 Å². The lowest BCUT2D eigenvalue weighted by molar-refractivity contribution is -0.137. The molecule has 1 fully saturated rings. The van der Waals surface area contributed by atoms with E-state index in [0.717, 1.165) is 56.6 Å². The number of hydrogen-bond donors (Lipinski definition) is 1. The van der Waals surface area contributed by atoms with Gasteiger partial charge in [-0.15, -0.1) is 0 Å². The number of halogens is 3. The van der Waals surface area contributed by atoms with Gasteiger partial charge in [-0.05, 0) is 73.8 Å². The molecule has 0 unspecified atom stereocenters. The maximum absolute atomic E-state index is 12.8. The Bertz CT molecular complexity index is 1040. The van der Waals surface area contributed by atoms with E-state index >= 15 is 0 Å². The van der Waals surface area contributed by atoms with Crippen LogP contribution < -0.4 is 5.32 Å². The molecule has 0 atom stereocenters. The molecule has 0 bridgehead atoms. The number of amides is 1. The summed E-state index contributed by atoms with van der Waals surface area (Å²) in [5.41, 5.74) is 2.36. The zero-order chi connectivity index (χ0) is 23.3. The fourth-order valence-electron chi connectivity index (χ4n) is 4.25. The molecule has 1 aromatic heterocycles. The van der Waals surface area contributed by atoms with Crippen LogP contribution >= 0.6 is 0 Å². The van der Waals surface area contributed by atoms with E-state index in [9.17, 15) is 18.0 Å². The number of nitrogens with zero attached hydrogens (tertiary/aromatic N) is 2. The summed E-state index contributed by atoms with van der Waals surface area (Å²) in [6.07, 6.45) is 1.98. The van der Waals surface area contributed by atoms with Crippen LogP contribution in [0.15, 0.2) is 73.1 Å². The van der Waals surface area contributed by atoms with E-state index in [1.54, 1.807) is 0 Å². The highest BCUT2D eigenvalue weighted by molar-refractivity contribution is 5.78. The van der Waals surface area contributed by atoms with Crippen molar-refractivity contribution in [3.63, 3.8) is 0 Å². The summed E-state index contributed by atoms with van der Waals surface area (Å²) in [6.45, 7) is 3.11. The number of benzene rings is 2. The first-order chi connectivity index (χ1) is 15.9. The molecule has 0 spiro atoms. The van der Waals surface area contributed by atoms with Crippen LogP contribution in [-0.2, 0) is 23.9 Å². The fourth-order valence-corrected chi connectivity index (χ4v) is 4.25. The smallest absolute Gasteiger partial charge is 0.356 e. The Kier molecular flexibility index (Phi) is 7.18. The maximum Gasteiger partial charge on any atom is 0.416 e. The van der Waals surface area contributed by atoms with E-state index in [2.05, 4.69) is 22.3 Å². The van der Waals surface area contributed by atoms with Gasteiger partial charge in [0.1, 0.15) is 0 Å². The lowest BCUT2D eigenvalue weighted by Crippen LogP contribution is -2.40. The second-order valence-corrected chi connectivity index (χ2v) is 8.55. The molecule has 4 rings (SSSR count). The number of aromatic nitrogens is 1. The Labute approximate surface area is 192 Å². The molecule has 1 aliphatic rings. The summed E-state index contributed by atoms with van der Waals surface area (Å²) in [4.78, 5) is 14.8. The third kappa shape index (κ3) is 6.26. The molecule has 0 saturated carbocycles. The molecule has 3 aromatic rings. The van der Waals surface area contributed by atoms with Crippen molar-refractivity contribution in [3.8, 4) is 5.69 Å². The molecule has 0 aliphatic carbocycles. The van der Waals surface area contributed by atoms with Gasteiger partial charge in [0, 0.05) is 37.1 Å². The van der Waals surface area contributed by atoms with E-state index in [0.29, 0.717) is 12.2 Å².